The van der Waals surface area contributed by atoms with E-state index in [9.17, 15) is 0 Å². The van der Waals surface area contributed by atoms with Gasteiger partial charge in [0.05, 0.1) is 0 Å². The maximum Gasteiger partial charge on any atom is 3.00 e. The maximum atomic E-state index is 8.56. The van der Waals surface area contributed by atoms with Crippen LogP contribution in [0.3, 0.4) is 0 Å². The summed E-state index contributed by atoms with van der Waals surface area (Å²) in [6.07, 6.45) is -1.83. The minimum absolute atomic E-state index is 0. The Hall–Kier alpha value is 1.47. The van der Waals surface area contributed by atoms with Crippen LogP contribution in [0, 0.1) is 0 Å². The zero-order valence-electron chi connectivity index (χ0n) is 4.89. The Morgan fingerprint density at radius 2 is 0.900 bits per heavy atom. The second kappa shape index (κ2) is 47.0. The molecule has 0 spiro atoms. The van der Waals surface area contributed by atoms with Crippen molar-refractivity contribution in [2.45, 2.75) is 0 Å². The van der Waals surface area contributed by atoms with Crippen LogP contribution in [-0.2, 0) is 16.4 Å². The standard InChI is InChI=1S/CH2O3.2Al.Ca.3O/c2-1(3)4;;;;;;/h(H2,2,3,4);;;;;;/q;2*+3;+2;3*-2. The van der Waals surface area contributed by atoms with E-state index in [1.165, 1.54) is 0 Å². The van der Waals surface area contributed by atoms with Gasteiger partial charge in [0.1, 0.15) is 0 Å². The van der Waals surface area contributed by atoms with Gasteiger partial charge in [0.2, 0.25) is 0 Å². The summed E-state index contributed by atoms with van der Waals surface area (Å²) in [5.41, 5.74) is 0. The van der Waals surface area contributed by atoms with Crippen LogP contribution in [0.5, 0.6) is 0 Å². The van der Waals surface area contributed by atoms with E-state index in [-0.39, 0.29) is 88.9 Å². The summed E-state index contributed by atoms with van der Waals surface area (Å²) in [5, 5.41) is 13.9. The minimum Gasteiger partial charge on any atom is -2.00 e. The first-order valence-corrected chi connectivity index (χ1v) is 0.651. The number of rotatable bonds is 0. The van der Waals surface area contributed by atoms with Crippen molar-refractivity contribution in [1.82, 2.24) is 0 Å². The van der Waals surface area contributed by atoms with E-state index in [2.05, 4.69) is 0 Å². The number of carbonyl (C=O) groups is 1. The molecule has 0 aromatic heterocycles. The van der Waals surface area contributed by atoms with Crippen molar-refractivity contribution in [2.24, 2.45) is 0 Å². The van der Waals surface area contributed by atoms with Gasteiger partial charge < -0.3 is 26.6 Å². The molecule has 0 aromatic carbocycles. The molecule has 0 atom stereocenters. The molecule has 0 saturated heterocycles. The van der Waals surface area contributed by atoms with Crippen molar-refractivity contribution in [2.75, 3.05) is 0 Å². The van der Waals surface area contributed by atoms with E-state index in [1.54, 1.807) is 0 Å². The van der Waals surface area contributed by atoms with Gasteiger partial charge >= 0.3 is 78.6 Å². The van der Waals surface area contributed by atoms with Crippen molar-refractivity contribution in [3.8, 4) is 0 Å². The van der Waals surface area contributed by atoms with E-state index in [0.29, 0.717) is 0 Å². The Morgan fingerprint density at radius 3 is 0.900 bits per heavy atom. The molecule has 9 heteroatoms. The van der Waals surface area contributed by atoms with Crippen LogP contribution >= 0.6 is 0 Å². The van der Waals surface area contributed by atoms with E-state index in [1.807, 2.05) is 0 Å². The van der Waals surface area contributed by atoms with Crippen molar-refractivity contribution in [3.63, 3.8) is 0 Å². The average molecular weight is 204 g/mol. The van der Waals surface area contributed by atoms with Crippen molar-refractivity contribution < 1.29 is 31.4 Å². The molecule has 0 saturated carbocycles. The Morgan fingerprint density at radius 1 is 0.900 bits per heavy atom. The summed E-state index contributed by atoms with van der Waals surface area (Å²) in [6, 6.07) is 0. The molecule has 0 heterocycles. The third kappa shape index (κ3) is 313. The van der Waals surface area contributed by atoms with E-state index < -0.39 is 6.16 Å². The molecule has 0 bridgehead atoms. The van der Waals surface area contributed by atoms with Gasteiger partial charge in [-0.2, -0.15) is 0 Å². The second-order valence-electron chi connectivity index (χ2n) is 0.283. The third-order valence-corrected chi connectivity index (χ3v) is 0. The summed E-state index contributed by atoms with van der Waals surface area (Å²) in [6.45, 7) is 0. The Labute approximate surface area is 109 Å². The smallest absolute Gasteiger partial charge is 2.00 e. The molecule has 0 aliphatic rings. The number of hydrogen-bond acceptors (Lipinski definition) is 1. The molecule has 0 fully saturated rings. The molecule has 2 N–H and O–H groups in total. The molecule has 6 nitrogen and oxygen atoms in total. The molecule has 0 aliphatic heterocycles. The van der Waals surface area contributed by atoms with Crippen LogP contribution < -0.4 is 0 Å². The second-order valence-corrected chi connectivity index (χ2v) is 0.283. The topological polar surface area (TPSA) is 143 Å². The normalized spacial score (nSPS) is 2.40. The predicted molar refractivity (Wildman–Crippen MR) is 30.0 cm³/mol. The number of carboxylic acid groups (broad SMARTS) is 2. The fourth-order valence-corrected chi connectivity index (χ4v) is 0. The van der Waals surface area contributed by atoms with Crippen molar-refractivity contribution in [3.05, 3.63) is 0 Å². The molecule has 0 unspecified atom stereocenters. The predicted octanol–water partition coefficient (Wildman–Crippen LogP) is -1.28. The zero-order chi connectivity index (χ0) is 3.58. The van der Waals surface area contributed by atoms with Crippen molar-refractivity contribution >= 4 is 78.6 Å². The number of hydrogen-bond donors (Lipinski definition) is 2. The zero-order valence-corrected chi connectivity index (χ0v) is 9.41. The molecule has 0 rings (SSSR count). The van der Waals surface area contributed by atoms with Gasteiger partial charge in [-0.25, -0.2) is 4.79 Å². The fraction of sp³-hybridized carbons (Fsp3) is 0. The average Bonchev–Trinajstić information content (AvgIpc) is 0.811. The molecule has 10 heavy (non-hydrogen) atoms. The summed E-state index contributed by atoms with van der Waals surface area (Å²) in [7, 11) is 0. The minimum atomic E-state index is -1.83. The van der Waals surface area contributed by atoms with Crippen LogP contribution in [0.2, 0.25) is 0 Å². The Balaban J connectivity index is -0.00000000300. The van der Waals surface area contributed by atoms with E-state index in [0.717, 1.165) is 0 Å². The molecular weight excluding hydrogens is 202 g/mol. The van der Waals surface area contributed by atoms with E-state index >= 15 is 0 Å². The van der Waals surface area contributed by atoms with E-state index in [4.69, 9.17) is 15.0 Å². The van der Waals surface area contributed by atoms with Crippen LogP contribution in [0.1, 0.15) is 0 Å². The van der Waals surface area contributed by atoms with Gasteiger partial charge in [-0.15, -0.1) is 0 Å². The first-order valence-electron chi connectivity index (χ1n) is 0.651. The Kier molecular flexibility index (Phi) is 295. The molecular formula is CH2Al2CaO6+2. The third-order valence-electron chi connectivity index (χ3n) is 0. The van der Waals surface area contributed by atoms with Gasteiger partial charge in [0.15, 0.2) is 0 Å². The molecule has 0 amide bonds. The molecule has 0 aromatic rings. The van der Waals surface area contributed by atoms with Crippen LogP contribution in [-0.4, -0.2) is 88.8 Å². The van der Waals surface area contributed by atoms with Gasteiger partial charge in [-0.3, -0.25) is 0 Å². The van der Waals surface area contributed by atoms with Crippen molar-refractivity contribution in [1.29, 1.82) is 0 Å². The van der Waals surface area contributed by atoms with Crippen LogP contribution in [0.25, 0.3) is 0 Å². The molecule has 48 valence electrons. The Bertz CT molecular complexity index is 38.7. The molecule has 0 radical (unpaired) electrons. The van der Waals surface area contributed by atoms with Gasteiger partial charge in [0.25, 0.3) is 0 Å². The summed E-state index contributed by atoms with van der Waals surface area (Å²) in [4.78, 5) is 8.56. The summed E-state index contributed by atoms with van der Waals surface area (Å²) in [5.74, 6) is 0. The maximum absolute atomic E-state index is 8.56. The van der Waals surface area contributed by atoms with Crippen LogP contribution in [0.15, 0.2) is 0 Å². The van der Waals surface area contributed by atoms with Gasteiger partial charge in [-0.05, 0) is 0 Å². The monoisotopic (exact) mass is 204 g/mol. The van der Waals surface area contributed by atoms with Crippen LogP contribution in [0.4, 0.5) is 4.79 Å². The quantitative estimate of drug-likeness (QED) is 0.474. The summed E-state index contributed by atoms with van der Waals surface area (Å²) < 4.78 is 0. The largest absolute Gasteiger partial charge is 3.00 e. The first-order chi connectivity index (χ1) is 1.73. The molecule has 0 aliphatic carbocycles. The fourth-order valence-electron chi connectivity index (χ4n) is 0. The SMILES string of the molecule is O=C(O)O.[Al+3].[Al+3].[Ca+2].[O-2].[O-2].[O-2]. The summed E-state index contributed by atoms with van der Waals surface area (Å²) >= 11 is 0. The van der Waals surface area contributed by atoms with Gasteiger partial charge in [0, 0.05) is 0 Å². The van der Waals surface area contributed by atoms with Gasteiger partial charge in [-0.1, -0.05) is 0 Å². The first kappa shape index (κ1) is 62.9.